The van der Waals surface area contributed by atoms with Crippen LogP contribution < -0.4 is 5.32 Å². The van der Waals surface area contributed by atoms with Gasteiger partial charge >= 0.3 is 11.9 Å². The second-order valence-electron chi connectivity index (χ2n) is 5.02. The summed E-state index contributed by atoms with van der Waals surface area (Å²) in [7, 11) is 0. The second-order valence-corrected chi connectivity index (χ2v) is 5.02. The average molecular weight is 265 g/mol. The zero-order valence-corrected chi connectivity index (χ0v) is 11.5. The summed E-state index contributed by atoms with van der Waals surface area (Å²) in [6.45, 7) is 7.62. The Morgan fingerprint density at radius 2 is 1.63 bits per heavy atom. The molecule has 5 nitrogen and oxygen atoms in total. The van der Waals surface area contributed by atoms with Crippen LogP contribution in [0.2, 0.25) is 0 Å². The number of nitrogens with one attached hydrogen (secondary N) is 1. The van der Waals surface area contributed by atoms with Gasteiger partial charge in [-0.3, -0.25) is 0 Å². The third kappa shape index (κ3) is 3.05. The third-order valence-electron chi connectivity index (χ3n) is 2.95. The summed E-state index contributed by atoms with van der Waals surface area (Å²) in [4.78, 5) is 22.7. The van der Waals surface area contributed by atoms with Crippen molar-refractivity contribution in [1.82, 2.24) is 5.32 Å². The fraction of sp³-hybridized carbons (Fsp3) is 0.429. The minimum Gasteiger partial charge on any atom is -0.478 e. The maximum atomic E-state index is 11.5. The van der Waals surface area contributed by atoms with E-state index in [9.17, 15) is 14.7 Å². The van der Waals surface area contributed by atoms with Crippen LogP contribution >= 0.6 is 0 Å². The molecule has 0 aromatic carbocycles. The highest BCUT2D eigenvalue weighted by atomic mass is 16.4. The molecule has 0 radical (unpaired) electrons. The van der Waals surface area contributed by atoms with Gasteiger partial charge < -0.3 is 15.5 Å². The normalized spacial score (nSPS) is 15.9. The van der Waals surface area contributed by atoms with Crippen LogP contribution in [-0.4, -0.2) is 22.2 Å². The Labute approximate surface area is 112 Å². The molecule has 5 heteroatoms. The largest absolute Gasteiger partial charge is 0.478 e. The summed E-state index contributed by atoms with van der Waals surface area (Å²) in [5.41, 5.74) is 0.969. The summed E-state index contributed by atoms with van der Waals surface area (Å²) in [5.74, 6) is -2.47. The zero-order valence-electron chi connectivity index (χ0n) is 11.5. The van der Waals surface area contributed by atoms with E-state index in [0.717, 1.165) is 5.57 Å². The molecule has 0 aromatic heterocycles. The van der Waals surface area contributed by atoms with Crippen molar-refractivity contribution in [1.29, 1.82) is 0 Å². The molecule has 0 fully saturated rings. The molecule has 0 atom stereocenters. The van der Waals surface area contributed by atoms with Crippen molar-refractivity contribution in [2.45, 2.75) is 27.7 Å². The first kappa shape index (κ1) is 15.0. The lowest BCUT2D eigenvalue weighted by molar-refractivity contribution is -0.136. The van der Waals surface area contributed by atoms with Crippen LogP contribution in [0.25, 0.3) is 0 Å². The van der Waals surface area contributed by atoms with E-state index in [1.54, 1.807) is 6.08 Å². The monoisotopic (exact) mass is 265 g/mol. The van der Waals surface area contributed by atoms with Gasteiger partial charge in [-0.2, -0.15) is 0 Å². The van der Waals surface area contributed by atoms with Crippen LogP contribution in [-0.2, 0) is 9.59 Å². The predicted molar refractivity (Wildman–Crippen MR) is 71.3 cm³/mol. The molecule has 0 amide bonds. The number of carboxylic acids is 2. The number of allylic oxidation sites excluding steroid dienone is 2. The van der Waals surface area contributed by atoms with Gasteiger partial charge in [-0.05, 0) is 29.1 Å². The SMILES string of the molecule is CC(C)C1=C(C(C)C)C(C(=O)O)=C(C(=O)O)NC=C1. The summed E-state index contributed by atoms with van der Waals surface area (Å²) in [5, 5.41) is 21.1. The Morgan fingerprint density at radius 3 is 2.00 bits per heavy atom. The van der Waals surface area contributed by atoms with E-state index in [2.05, 4.69) is 5.32 Å². The van der Waals surface area contributed by atoms with Crippen LogP contribution in [0, 0.1) is 11.8 Å². The van der Waals surface area contributed by atoms with Gasteiger partial charge in [-0.1, -0.05) is 27.7 Å². The van der Waals surface area contributed by atoms with E-state index in [-0.39, 0.29) is 23.1 Å². The van der Waals surface area contributed by atoms with Gasteiger partial charge in [-0.15, -0.1) is 0 Å². The quantitative estimate of drug-likeness (QED) is 0.725. The Bertz CT molecular complexity index is 496. The van der Waals surface area contributed by atoms with Crippen LogP contribution in [0.1, 0.15) is 27.7 Å². The van der Waals surface area contributed by atoms with Crippen molar-refractivity contribution in [2.24, 2.45) is 11.8 Å². The van der Waals surface area contributed by atoms with Crippen LogP contribution in [0.3, 0.4) is 0 Å². The second kappa shape index (κ2) is 5.73. The minimum atomic E-state index is -1.27. The number of carbonyl (C=O) groups is 2. The van der Waals surface area contributed by atoms with Gasteiger partial charge in [0.1, 0.15) is 5.70 Å². The van der Waals surface area contributed by atoms with E-state index < -0.39 is 11.9 Å². The van der Waals surface area contributed by atoms with Crippen LogP contribution in [0.4, 0.5) is 0 Å². The van der Waals surface area contributed by atoms with E-state index >= 15 is 0 Å². The van der Waals surface area contributed by atoms with Crippen molar-refractivity contribution >= 4 is 11.9 Å². The smallest absolute Gasteiger partial charge is 0.353 e. The van der Waals surface area contributed by atoms with Crippen molar-refractivity contribution in [2.75, 3.05) is 0 Å². The molecule has 1 aliphatic heterocycles. The molecule has 0 unspecified atom stereocenters. The molecule has 1 aliphatic rings. The van der Waals surface area contributed by atoms with Gasteiger partial charge in [0.2, 0.25) is 0 Å². The molecule has 0 bridgehead atoms. The lowest BCUT2D eigenvalue weighted by Gasteiger charge is -2.19. The summed E-state index contributed by atoms with van der Waals surface area (Å²) >= 11 is 0. The van der Waals surface area contributed by atoms with E-state index in [4.69, 9.17) is 5.11 Å². The van der Waals surface area contributed by atoms with Gasteiger partial charge in [0.25, 0.3) is 0 Å². The maximum Gasteiger partial charge on any atom is 0.353 e. The highest BCUT2D eigenvalue weighted by Crippen LogP contribution is 2.31. The number of rotatable bonds is 4. The van der Waals surface area contributed by atoms with E-state index in [1.165, 1.54) is 6.20 Å². The summed E-state index contributed by atoms with van der Waals surface area (Å²) in [6.07, 6.45) is 3.23. The van der Waals surface area contributed by atoms with E-state index in [1.807, 2.05) is 27.7 Å². The summed E-state index contributed by atoms with van der Waals surface area (Å²) in [6, 6.07) is 0. The van der Waals surface area contributed by atoms with Crippen LogP contribution in [0.5, 0.6) is 0 Å². The van der Waals surface area contributed by atoms with E-state index in [0.29, 0.717) is 5.57 Å². The number of carboxylic acid groups (broad SMARTS) is 2. The number of hydrogen-bond donors (Lipinski definition) is 3. The molecule has 0 aliphatic carbocycles. The zero-order chi connectivity index (χ0) is 14.7. The fourth-order valence-electron chi connectivity index (χ4n) is 2.17. The molecule has 1 heterocycles. The van der Waals surface area contributed by atoms with Gasteiger partial charge in [0.05, 0.1) is 5.57 Å². The Morgan fingerprint density at radius 1 is 1.05 bits per heavy atom. The highest BCUT2D eigenvalue weighted by molar-refractivity contribution is 6.02. The first-order valence-corrected chi connectivity index (χ1v) is 6.15. The van der Waals surface area contributed by atoms with Crippen molar-refractivity contribution in [3.8, 4) is 0 Å². The van der Waals surface area contributed by atoms with Gasteiger partial charge in [0, 0.05) is 6.20 Å². The molecule has 0 saturated heterocycles. The highest BCUT2D eigenvalue weighted by Gasteiger charge is 2.29. The molecular weight excluding hydrogens is 246 g/mol. The lowest BCUT2D eigenvalue weighted by Crippen LogP contribution is -2.22. The summed E-state index contributed by atoms with van der Waals surface area (Å²) < 4.78 is 0. The topological polar surface area (TPSA) is 86.6 Å². The molecule has 0 spiro atoms. The average Bonchev–Trinajstić information content (AvgIpc) is 2.47. The van der Waals surface area contributed by atoms with Crippen LogP contribution in [0.15, 0.2) is 34.7 Å². The molecule has 19 heavy (non-hydrogen) atoms. The standard InChI is InChI=1S/C14H19NO4/c1-7(2)9-5-6-15-12(14(18)19)11(13(16)17)10(9)8(3)4/h5-8,15H,1-4H3,(H,16,17)(H,18,19). The Balaban J connectivity index is 3.68. The molecule has 3 N–H and O–H groups in total. The lowest BCUT2D eigenvalue weighted by atomic mass is 9.85. The van der Waals surface area contributed by atoms with Crippen molar-refractivity contribution in [3.63, 3.8) is 0 Å². The molecule has 0 saturated carbocycles. The number of hydrogen-bond acceptors (Lipinski definition) is 3. The molecule has 104 valence electrons. The molecular formula is C14H19NO4. The van der Waals surface area contributed by atoms with Gasteiger partial charge in [-0.25, -0.2) is 9.59 Å². The Hall–Kier alpha value is -2.04. The maximum absolute atomic E-state index is 11.5. The van der Waals surface area contributed by atoms with Crippen molar-refractivity contribution < 1.29 is 19.8 Å². The Kier molecular flexibility index (Phi) is 4.53. The molecule has 1 rings (SSSR count). The van der Waals surface area contributed by atoms with Crippen molar-refractivity contribution in [3.05, 3.63) is 34.7 Å². The third-order valence-corrected chi connectivity index (χ3v) is 2.95. The first-order chi connectivity index (χ1) is 8.77. The number of aliphatic carboxylic acids is 2. The van der Waals surface area contributed by atoms with Gasteiger partial charge in [0.15, 0.2) is 0 Å². The fourth-order valence-corrected chi connectivity index (χ4v) is 2.17. The predicted octanol–water partition coefficient (Wildman–Crippen LogP) is 2.14. The first-order valence-electron chi connectivity index (χ1n) is 6.15. The minimum absolute atomic E-state index is 0.0811. The molecule has 0 aromatic rings.